The van der Waals surface area contributed by atoms with E-state index in [0.29, 0.717) is 6.54 Å². The molecule has 0 aromatic heterocycles. The van der Waals surface area contributed by atoms with Crippen molar-refractivity contribution in [1.82, 2.24) is 9.80 Å². The monoisotopic (exact) mass is 238 g/mol. The van der Waals surface area contributed by atoms with Gasteiger partial charge in [-0.05, 0) is 39.5 Å². The summed E-state index contributed by atoms with van der Waals surface area (Å²) >= 11 is 0. The van der Waals surface area contributed by atoms with Gasteiger partial charge in [0.15, 0.2) is 0 Å². The first-order valence-corrected chi connectivity index (χ1v) is 6.53. The van der Waals surface area contributed by atoms with Gasteiger partial charge in [0.1, 0.15) is 0 Å². The fourth-order valence-electron chi connectivity index (χ4n) is 2.14. The van der Waals surface area contributed by atoms with Crippen molar-refractivity contribution in [3.05, 3.63) is 12.7 Å². The number of hydrogen-bond donors (Lipinski definition) is 0. The highest BCUT2D eigenvalue weighted by Gasteiger charge is 2.30. The minimum Gasteiger partial charge on any atom is -0.325 e. The van der Waals surface area contributed by atoms with Gasteiger partial charge in [-0.15, -0.1) is 6.58 Å². The van der Waals surface area contributed by atoms with Gasteiger partial charge in [-0.2, -0.15) is 0 Å². The molecule has 0 bridgehead atoms. The molecule has 3 heteroatoms. The molecule has 1 heterocycles. The Morgan fingerprint density at radius 3 is 2.35 bits per heavy atom. The molecule has 0 N–H and O–H groups in total. The average Bonchev–Trinajstić information content (AvgIpc) is 2.24. The van der Waals surface area contributed by atoms with E-state index in [1.807, 2.05) is 9.80 Å². The Morgan fingerprint density at radius 2 is 1.94 bits per heavy atom. The first-order chi connectivity index (χ1) is 7.86. The minimum atomic E-state index is -0.145. The zero-order valence-corrected chi connectivity index (χ0v) is 11.7. The molecular weight excluding hydrogens is 212 g/mol. The number of nitrogens with zero attached hydrogens (tertiary/aromatic N) is 2. The van der Waals surface area contributed by atoms with E-state index >= 15 is 0 Å². The number of amides is 2. The van der Waals surface area contributed by atoms with Crippen LogP contribution in [0.15, 0.2) is 12.7 Å². The van der Waals surface area contributed by atoms with E-state index in [4.69, 9.17) is 0 Å². The summed E-state index contributed by atoms with van der Waals surface area (Å²) in [6.07, 6.45) is 4.05. The molecule has 2 amide bonds. The van der Waals surface area contributed by atoms with Crippen molar-refractivity contribution in [2.45, 2.75) is 46.1 Å². The number of carbonyl (C=O) groups excluding carboxylic acids is 1. The molecule has 1 fully saturated rings. The number of hydrogen-bond acceptors (Lipinski definition) is 1. The Kier molecular flexibility index (Phi) is 4.61. The van der Waals surface area contributed by atoms with E-state index in [-0.39, 0.29) is 11.6 Å². The van der Waals surface area contributed by atoms with E-state index in [1.54, 1.807) is 6.08 Å². The Morgan fingerprint density at radius 1 is 1.41 bits per heavy atom. The van der Waals surface area contributed by atoms with Crippen LogP contribution in [0.3, 0.4) is 0 Å². The molecule has 0 atom stereocenters. The van der Waals surface area contributed by atoms with Crippen LogP contribution in [0.25, 0.3) is 0 Å². The standard InChI is InChI=1S/C14H26N2O/c1-6-9-16(14(3,4)5)13(17)15-10-7-12(2)8-11-15/h6,12H,1,7-11H2,2-5H3. The van der Waals surface area contributed by atoms with Gasteiger partial charge < -0.3 is 9.80 Å². The molecule has 0 radical (unpaired) electrons. The van der Waals surface area contributed by atoms with E-state index in [1.165, 1.54) is 0 Å². The zero-order chi connectivity index (χ0) is 13.1. The van der Waals surface area contributed by atoms with Crippen LogP contribution in [-0.2, 0) is 0 Å². The fourth-order valence-corrected chi connectivity index (χ4v) is 2.14. The summed E-state index contributed by atoms with van der Waals surface area (Å²) in [5.74, 6) is 0.751. The molecule has 1 saturated heterocycles. The average molecular weight is 238 g/mol. The van der Waals surface area contributed by atoms with Crippen LogP contribution in [0.1, 0.15) is 40.5 Å². The summed E-state index contributed by atoms with van der Waals surface area (Å²) in [7, 11) is 0. The molecule has 0 aromatic rings. The highest BCUT2D eigenvalue weighted by Crippen LogP contribution is 2.21. The van der Waals surface area contributed by atoms with Crippen molar-refractivity contribution in [2.75, 3.05) is 19.6 Å². The third-order valence-corrected chi connectivity index (χ3v) is 3.41. The maximum Gasteiger partial charge on any atom is 0.320 e. The molecule has 0 aliphatic carbocycles. The maximum absolute atomic E-state index is 12.4. The van der Waals surface area contributed by atoms with Crippen molar-refractivity contribution in [3.63, 3.8) is 0 Å². The van der Waals surface area contributed by atoms with Gasteiger partial charge in [-0.3, -0.25) is 0 Å². The molecule has 0 unspecified atom stereocenters. The van der Waals surface area contributed by atoms with Crippen molar-refractivity contribution < 1.29 is 4.79 Å². The molecule has 3 nitrogen and oxygen atoms in total. The van der Waals surface area contributed by atoms with Gasteiger partial charge in [-0.1, -0.05) is 13.0 Å². The van der Waals surface area contributed by atoms with Crippen LogP contribution in [0.4, 0.5) is 4.79 Å². The highest BCUT2D eigenvalue weighted by atomic mass is 16.2. The normalized spacial score (nSPS) is 18.0. The van der Waals surface area contributed by atoms with E-state index in [0.717, 1.165) is 31.8 Å². The summed E-state index contributed by atoms with van der Waals surface area (Å²) in [6.45, 7) is 14.6. The largest absolute Gasteiger partial charge is 0.325 e. The van der Waals surface area contributed by atoms with Crippen LogP contribution < -0.4 is 0 Å². The quantitative estimate of drug-likeness (QED) is 0.678. The van der Waals surface area contributed by atoms with Gasteiger partial charge >= 0.3 is 6.03 Å². The lowest BCUT2D eigenvalue weighted by Gasteiger charge is -2.40. The second-order valence-electron chi connectivity index (χ2n) is 6.02. The van der Waals surface area contributed by atoms with Crippen molar-refractivity contribution in [3.8, 4) is 0 Å². The summed E-state index contributed by atoms with van der Waals surface area (Å²) in [5.41, 5.74) is -0.145. The van der Waals surface area contributed by atoms with Crippen molar-refractivity contribution in [1.29, 1.82) is 0 Å². The smallest absolute Gasteiger partial charge is 0.320 e. The number of likely N-dealkylation sites (tertiary alicyclic amines) is 1. The predicted molar refractivity (Wildman–Crippen MR) is 72.0 cm³/mol. The third kappa shape index (κ3) is 3.76. The second kappa shape index (κ2) is 5.56. The van der Waals surface area contributed by atoms with Gasteiger partial charge in [-0.25, -0.2) is 4.79 Å². The molecule has 0 aromatic carbocycles. The lowest BCUT2D eigenvalue weighted by Crippen LogP contribution is -2.53. The fraction of sp³-hybridized carbons (Fsp3) is 0.786. The number of carbonyl (C=O) groups is 1. The minimum absolute atomic E-state index is 0.145. The number of urea groups is 1. The second-order valence-corrected chi connectivity index (χ2v) is 6.02. The summed E-state index contributed by atoms with van der Waals surface area (Å²) in [4.78, 5) is 16.3. The Bertz CT molecular complexity index is 272. The predicted octanol–water partition coefficient (Wildman–Crippen LogP) is 3.12. The first-order valence-electron chi connectivity index (χ1n) is 6.53. The van der Waals surface area contributed by atoms with Gasteiger partial charge in [0.05, 0.1) is 0 Å². The zero-order valence-electron chi connectivity index (χ0n) is 11.7. The molecular formula is C14H26N2O. The lowest BCUT2D eigenvalue weighted by atomic mass is 9.99. The Balaban J connectivity index is 2.68. The maximum atomic E-state index is 12.4. The number of rotatable bonds is 2. The van der Waals surface area contributed by atoms with E-state index in [2.05, 4.69) is 34.3 Å². The molecule has 0 saturated carbocycles. The van der Waals surface area contributed by atoms with Crippen LogP contribution in [0, 0.1) is 5.92 Å². The Hall–Kier alpha value is -0.990. The summed E-state index contributed by atoms with van der Waals surface area (Å²) in [5, 5.41) is 0. The first kappa shape index (κ1) is 14.1. The molecule has 0 spiro atoms. The third-order valence-electron chi connectivity index (χ3n) is 3.41. The van der Waals surface area contributed by atoms with Crippen LogP contribution >= 0.6 is 0 Å². The molecule has 1 rings (SSSR count). The molecule has 98 valence electrons. The molecule has 1 aliphatic rings. The highest BCUT2D eigenvalue weighted by molar-refractivity contribution is 5.75. The molecule has 1 aliphatic heterocycles. The van der Waals surface area contributed by atoms with Crippen LogP contribution in [-0.4, -0.2) is 41.0 Å². The SMILES string of the molecule is C=CCN(C(=O)N1CCC(C)CC1)C(C)(C)C. The van der Waals surface area contributed by atoms with Gasteiger partial charge in [0.25, 0.3) is 0 Å². The summed E-state index contributed by atoms with van der Waals surface area (Å²) in [6, 6.07) is 0.157. The molecule has 17 heavy (non-hydrogen) atoms. The summed E-state index contributed by atoms with van der Waals surface area (Å²) < 4.78 is 0. The topological polar surface area (TPSA) is 23.6 Å². The Labute approximate surface area is 105 Å². The van der Waals surface area contributed by atoms with Crippen molar-refractivity contribution in [2.24, 2.45) is 5.92 Å². The number of piperidine rings is 1. The van der Waals surface area contributed by atoms with E-state index < -0.39 is 0 Å². The van der Waals surface area contributed by atoms with Gasteiger partial charge in [0, 0.05) is 25.2 Å². The lowest BCUT2D eigenvalue weighted by molar-refractivity contribution is 0.104. The van der Waals surface area contributed by atoms with E-state index in [9.17, 15) is 4.79 Å². The van der Waals surface area contributed by atoms with Crippen molar-refractivity contribution >= 4 is 6.03 Å². The van der Waals surface area contributed by atoms with Crippen LogP contribution in [0.5, 0.6) is 0 Å². The van der Waals surface area contributed by atoms with Crippen LogP contribution in [0.2, 0.25) is 0 Å². The van der Waals surface area contributed by atoms with Gasteiger partial charge in [0.2, 0.25) is 0 Å².